The van der Waals surface area contributed by atoms with Gasteiger partial charge >= 0.3 is 12.0 Å². The van der Waals surface area contributed by atoms with E-state index in [0.717, 1.165) is 18.9 Å². The molecule has 1 heterocycles. The van der Waals surface area contributed by atoms with Gasteiger partial charge in [-0.1, -0.05) is 19.3 Å². The number of amides is 2. The minimum absolute atomic E-state index is 0.0426. The van der Waals surface area contributed by atoms with Crippen molar-refractivity contribution in [2.75, 3.05) is 19.7 Å². The fraction of sp³-hybridized carbons (Fsp3) is 0.857. The van der Waals surface area contributed by atoms with E-state index in [2.05, 4.69) is 5.32 Å². The van der Waals surface area contributed by atoms with E-state index in [1.165, 1.54) is 25.7 Å². The molecule has 2 unspecified atom stereocenters. The molecule has 2 amide bonds. The van der Waals surface area contributed by atoms with Gasteiger partial charge in [0.15, 0.2) is 0 Å². The van der Waals surface area contributed by atoms with Crippen LogP contribution in [0.15, 0.2) is 0 Å². The quantitative estimate of drug-likeness (QED) is 0.719. The van der Waals surface area contributed by atoms with Gasteiger partial charge < -0.3 is 20.4 Å². The molecule has 0 aromatic rings. The van der Waals surface area contributed by atoms with Crippen molar-refractivity contribution in [2.45, 2.75) is 44.6 Å². The molecule has 0 radical (unpaired) electrons. The van der Waals surface area contributed by atoms with Crippen LogP contribution in [0.25, 0.3) is 0 Å². The monoisotopic (exact) mass is 284 g/mol. The summed E-state index contributed by atoms with van der Waals surface area (Å²) in [6, 6.07) is -1.31. The lowest BCUT2D eigenvalue weighted by atomic mass is 9.75. The van der Waals surface area contributed by atoms with Gasteiger partial charge in [-0.15, -0.1) is 0 Å². The van der Waals surface area contributed by atoms with Gasteiger partial charge in [0.1, 0.15) is 6.04 Å². The number of hydrogen-bond donors (Lipinski definition) is 3. The highest BCUT2D eigenvalue weighted by Gasteiger charge is 2.33. The summed E-state index contributed by atoms with van der Waals surface area (Å²) in [5.74, 6) is 0.213. The fourth-order valence-electron chi connectivity index (χ4n) is 3.41. The Bertz CT molecular complexity index is 361. The number of piperidine rings is 1. The predicted octanol–water partition coefficient (Wildman–Crippen LogP) is 1.04. The molecule has 0 aromatic carbocycles. The molecule has 6 heteroatoms. The Balaban J connectivity index is 1.87. The SMILES string of the molecule is O=C(O)[C@@H](CCO)NC(=O)N1CCC2CCCCC2C1. The van der Waals surface area contributed by atoms with Gasteiger partial charge in [0.25, 0.3) is 0 Å². The zero-order chi connectivity index (χ0) is 14.5. The third-order valence-electron chi connectivity index (χ3n) is 4.59. The number of likely N-dealkylation sites (tertiary alicyclic amines) is 1. The zero-order valence-electron chi connectivity index (χ0n) is 11.8. The lowest BCUT2D eigenvalue weighted by Gasteiger charge is -2.41. The highest BCUT2D eigenvalue weighted by Crippen LogP contribution is 2.35. The average Bonchev–Trinajstić information content (AvgIpc) is 2.46. The first-order valence-corrected chi connectivity index (χ1v) is 7.51. The number of fused-ring (bicyclic) bond motifs is 1. The van der Waals surface area contributed by atoms with E-state index in [1.807, 2.05) is 0 Å². The topological polar surface area (TPSA) is 89.9 Å². The molecule has 2 aliphatic rings. The number of aliphatic carboxylic acids is 1. The number of hydrogen-bond acceptors (Lipinski definition) is 3. The Morgan fingerprint density at radius 2 is 1.90 bits per heavy atom. The van der Waals surface area contributed by atoms with Crippen molar-refractivity contribution in [3.8, 4) is 0 Å². The molecule has 114 valence electrons. The summed E-state index contributed by atoms with van der Waals surface area (Å²) in [6.45, 7) is 1.20. The van der Waals surface area contributed by atoms with Crippen LogP contribution in [0, 0.1) is 11.8 Å². The minimum atomic E-state index is -1.10. The fourth-order valence-corrected chi connectivity index (χ4v) is 3.41. The first-order chi connectivity index (χ1) is 9.61. The van der Waals surface area contributed by atoms with Crippen LogP contribution in [-0.4, -0.2) is 52.9 Å². The zero-order valence-corrected chi connectivity index (χ0v) is 11.8. The van der Waals surface area contributed by atoms with Gasteiger partial charge in [-0.3, -0.25) is 0 Å². The van der Waals surface area contributed by atoms with E-state index in [1.54, 1.807) is 4.90 Å². The molecular formula is C14H24N2O4. The number of nitrogens with one attached hydrogen (secondary N) is 1. The highest BCUT2D eigenvalue weighted by atomic mass is 16.4. The van der Waals surface area contributed by atoms with Crippen LogP contribution < -0.4 is 5.32 Å². The molecule has 3 atom stereocenters. The summed E-state index contributed by atoms with van der Waals surface area (Å²) in [5.41, 5.74) is 0. The number of aliphatic hydroxyl groups excluding tert-OH is 1. The van der Waals surface area contributed by atoms with E-state index in [9.17, 15) is 9.59 Å². The lowest BCUT2D eigenvalue weighted by molar-refractivity contribution is -0.139. The van der Waals surface area contributed by atoms with Crippen LogP contribution in [0.2, 0.25) is 0 Å². The van der Waals surface area contributed by atoms with Crippen LogP contribution in [0.5, 0.6) is 0 Å². The molecular weight excluding hydrogens is 260 g/mol. The van der Waals surface area contributed by atoms with Crippen LogP contribution in [-0.2, 0) is 4.79 Å². The Hall–Kier alpha value is -1.30. The molecule has 2 rings (SSSR count). The summed E-state index contributed by atoms with van der Waals surface area (Å²) in [7, 11) is 0. The third-order valence-corrected chi connectivity index (χ3v) is 4.59. The molecule has 0 aromatic heterocycles. The number of carbonyl (C=O) groups is 2. The van der Waals surface area contributed by atoms with Gasteiger partial charge in [-0.05, 0) is 24.7 Å². The van der Waals surface area contributed by atoms with Gasteiger partial charge in [0, 0.05) is 26.1 Å². The number of urea groups is 1. The van der Waals surface area contributed by atoms with E-state index in [0.29, 0.717) is 12.5 Å². The van der Waals surface area contributed by atoms with Gasteiger partial charge in [0.2, 0.25) is 0 Å². The molecule has 1 aliphatic carbocycles. The maximum atomic E-state index is 12.1. The maximum Gasteiger partial charge on any atom is 0.326 e. The van der Waals surface area contributed by atoms with Crippen molar-refractivity contribution < 1.29 is 19.8 Å². The first kappa shape index (κ1) is 15.1. The van der Waals surface area contributed by atoms with E-state index in [4.69, 9.17) is 10.2 Å². The maximum absolute atomic E-state index is 12.1. The van der Waals surface area contributed by atoms with Gasteiger partial charge in [0.05, 0.1) is 0 Å². The normalized spacial score (nSPS) is 27.6. The van der Waals surface area contributed by atoms with Gasteiger partial charge in [-0.2, -0.15) is 0 Å². The summed E-state index contributed by atoms with van der Waals surface area (Å²) in [5, 5.41) is 20.3. The molecule has 1 saturated heterocycles. The van der Waals surface area contributed by atoms with Crippen molar-refractivity contribution in [2.24, 2.45) is 11.8 Å². The Morgan fingerprint density at radius 3 is 2.55 bits per heavy atom. The largest absolute Gasteiger partial charge is 0.480 e. The van der Waals surface area contributed by atoms with Crippen molar-refractivity contribution in [1.29, 1.82) is 0 Å². The Labute approximate surface area is 119 Å². The molecule has 1 aliphatic heterocycles. The van der Waals surface area contributed by atoms with E-state index in [-0.39, 0.29) is 19.1 Å². The second-order valence-corrected chi connectivity index (χ2v) is 5.89. The third kappa shape index (κ3) is 3.62. The number of carboxylic acid groups (broad SMARTS) is 1. The summed E-state index contributed by atoms with van der Waals surface area (Å²) >= 11 is 0. The predicted molar refractivity (Wildman–Crippen MR) is 73.3 cm³/mol. The van der Waals surface area contributed by atoms with E-state index >= 15 is 0 Å². The van der Waals surface area contributed by atoms with Crippen molar-refractivity contribution >= 4 is 12.0 Å². The van der Waals surface area contributed by atoms with Crippen molar-refractivity contribution in [1.82, 2.24) is 10.2 Å². The number of carbonyl (C=O) groups excluding carboxylic acids is 1. The minimum Gasteiger partial charge on any atom is -0.480 e. The number of carboxylic acids is 1. The number of nitrogens with zero attached hydrogens (tertiary/aromatic N) is 1. The van der Waals surface area contributed by atoms with Gasteiger partial charge in [-0.25, -0.2) is 9.59 Å². The second kappa shape index (κ2) is 6.92. The second-order valence-electron chi connectivity index (χ2n) is 5.89. The number of aliphatic hydroxyl groups is 1. The van der Waals surface area contributed by atoms with Crippen molar-refractivity contribution in [3.05, 3.63) is 0 Å². The molecule has 20 heavy (non-hydrogen) atoms. The van der Waals surface area contributed by atoms with Crippen LogP contribution >= 0.6 is 0 Å². The standard InChI is InChI=1S/C14H24N2O4/c17-8-6-12(13(18)19)15-14(20)16-7-5-10-3-1-2-4-11(10)9-16/h10-12,17H,1-9H2,(H,15,20)(H,18,19)/t10?,11?,12-/m1/s1. The van der Waals surface area contributed by atoms with Crippen LogP contribution in [0.1, 0.15) is 38.5 Å². The average molecular weight is 284 g/mol. The molecule has 2 fully saturated rings. The first-order valence-electron chi connectivity index (χ1n) is 7.51. The summed E-state index contributed by atoms with van der Waals surface area (Å²) in [6.07, 6.45) is 6.04. The van der Waals surface area contributed by atoms with Crippen LogP contribution in [0.3, 0.4) is 0 Å². The summed E-state index contributed by atoms with van der Waals surface area (Å²) in [4.78, 5) is 24.9. The molecule has 0 spiro atoms. The molecule has 3 N–H and O–H groups in total. The molecule has 0 bridgehead atoms. The smallest absolute Gasteiger partial charge is 0.326 e. The molecule has 6 nitrogen and oxygen atoms in total. The summed E-state index contributed by atoms with van der Waals surface area (Å²) < 4.78 is 0. The Morgan fingerprint density at radius 1 is 1.20 bits per heavy atom. The lowest BCUT2D eigenvalue weighted by Crippen LogP contribution is -2.52. The molecule has 1 saturated carbocycles. The highest BCUT2D eigenvalue weighted by molar-refractivity contribution is 5.82. The number of rotatable bonds is 4. The van der Waals surface area contributed by atoms with E-state index < -0.39 is 12.0 Å². The van der Waals surface area contributed by atoms with Crippen LogP contribution in [0.4, 0.5) is 4.79 Å². The van der Waals surface area contributed by atoms with Crippen molar-refractivity contribution in [3.63, 3.8) is 0 Å². The Kier molecular flexibility index (Phi) is 5.23.